The number of benzene rings is 1. The number of hydrogen-bond donors (Lipinski definition) is 2. The van der Waals surface area contributed by atoms with E-state index in [4.69, 9.17) is 4.74 Å². The van der Waals surface area contributed by atoms with Gasteiger partial charge in [-0.15, -0.1) is 0 Å². The molecule has 1 rings (SSSR count). The van der Waals surface area contributed by atoms with Gasteiger partial charge in [-0.25, -0.2) is 4.79 Å². The number of nitrogens with one attached hydrogen (secondary N) is 1. The van der Waals surface area contributed by atoms with Gasteiger partial charge in [-0.1, -0.05) is 30.3 Å². The summed E-state index contributed by atoms with van der Waals surface area (Å²) in [5.74, 6) is -1.21. The predicted octanol–water partition coefficient (Wildman–Crippen LogP) is 2.15. The maximum atomic E-state index is 12.0. The van der Waals surface area contributed by atoms with Crippen LogP contribution in [0.2, 0.25) is 0 Å². The van der Waals surface area contributed by atoms with Gasteiger partial charge >= 0.3 is 12.1 Å². The van der Waals surface area contributed by atoms with Crippen molar-refractivity contribution in [3.05, 3.63) is 35.9 Å². The first-order valence-corrected chi connectivity index (χ1v) is 5.94. The highest BCUT2D eigenvalue weighted by molar-refractivity contribution is 5.81. The largest absolute Gasteiger partial charge is 0.480 e. The molecule has 0 radical (unpaired) electrons. The van der Waals surface area contributed by atoms with Crippen LogP contribution in [-0.2, 0) is 15.1 Å². The van der Waals surface area contributed by atoms with Gasteiger partial charge < -0.3 is 9.84 Å². The molecule has 2 N–H and O–H groups in total. The van der Waals surface area contributed by atoms with E-state index in [0.29, 0.717) is 5.56 Å². The van der Waals surface area contributed by atoms with Crippen LogP contribution in [0, 0.1) is 0 Å². The van der Waals surface area contributed by atoms with Crippen LogP contribution in [0.3, 0.4) is 0 Å². The Bertz CT molecular complexity index is 436. The summed E-state index contributed by atoms with van der Waals surface area (Å²) in [5.41, 5.74) is -1.14. The van der Waals surface area contributed by atoms with Crippen molar-refractivity contribution in [2.75, 3.05) is 20.3 Å². The fourth-order valence-corrected chi connectivity index (χ4v) is 1.73. The third-order valence-corrected chi connectivity index (χ3v) is 2.91. The zero-order chi connectivity index (χ0) is 15.2. The van der Waals surface area contributed by atoms with E-state index in [1.165, 1.54) is 7.05 Å². The van der Waals surface area contributed by atoms with E-state index >= 15 is 0 Å². The molecular weight excluding hydrogens is 275 g/mol. The van der Waals surface area contributed by atoms with Crippen molar-refractivity contribution in [2.45, 2.75) is 18.1 Å². The average molecular weight is 291 g/mol. The van der Waals surface area contributed by atoms with E-state index in [0.717, 1.165) is 0 Å². The van der Waals surface area contributed by atoms with Crippen LogP contribution in [0.1, 0.15) is 12.0 Å². The maximum absolute atomic E-state index is 12.0. The second kappa shape index (κ2) is 6.71. The van der Waals surface area contributed by atoms with Gasteiger partial charge in [-0.3, -0.25) is 5.32 Å². The Morgan fingerprint density at radius 1 is 1.30 bits per heavy atom. The molecule has 0 amide bonds. The molecule has 20 heavy (non-hydrogen) atoms. The summed E-state index contributed by atoms with van der Waals surface area (Å²) >= 11 is 0. The van der Waals surface area contributed by atoms with Gasteiger partial charge in [0.15, 0.2) is 5.54 Å². The van der Waals surface area contributed by atoms with E-state index in [1.807, 2.05) is 0 Å². The molecule has 0 aromatic heterocycles. The Labute approximate surface area is 114 Å². The van der Waals surface area contributed by atoms with Crippen LogP contribution in [0.15, 0.2) is 30.3 Å². The summed E-state index contributed by atoms with van der Waals surface area (Å²) in [5, 5.41) is 12.0. The molecule has 1 unspecified atom stereocenters. The van der Waals surface area contributed by atoms with Crippen molar-refractivity contribution in [2.24, 2.45) is 0 Å². The Morgan fingerprint density at radius 3 is 2.35 bits per heavy atom. The molecular formula is C13H16F3NO3. The van der Waals surface area contributed by atoms with E-state index in [1.54, 1.807) is 30.3 Å². The number of aliphatic carboxylic acids is 1. The maximum Gasteiger partial charge on any atom is 0.391 e. The van der Waals surface area contributed by atoms with Crippen molar-refractivity contribution in [1.29, 1.82) is 0 Å². The molecule has 0 aliphatic carbocycles. The molecule has 112 valence electrons. The van der Waals surface area contributed by atoms with Crippen LogP contribution >= 0.6 is 0 Å². The molecule has 0 aliphatic rings. The lowest BCUT2D eigenvalue weighted by Gasteiger charge is -2.29. The van der Waals surface area contributed by atoms with Gasteiger partial charge in [0.1, 0.15) is 0 Å². The third-order valence-electron chi connectivity index (χ3n) is 2.91. The molecule has 4 nitrogen and oxygen atoms in total. The van der Waals surface area contributed by atoms with Gasteiger partial charge in [-0.05, 0) is 12.6 Å². The van der Waals surface area contributed by atoms with Crippen molar-refractivity contribution < 1.29 is 27.8 Å². The lowest BCUT2D eigenvalue weighted by Crippen LogP contribution is -2.51. The van der Waals surface area contributed by atoms with Crippen LogP contribution in [0.25, 0.3) is 0 Å². The van der Waals surface area contributed by atoms with Gasteiger partial charge in [-0.2, -0.15) is 13.2 Å². The number of halogens is 3. The third kappa shape index (κ3) is 4.21. The number of carboxylic acid groups (broad SMARTS) is 1. The minimum atomic E-state index is -4.32. The monoisotopic (exact) mass is 291 g/mol. The van der Waals surface area contributed by atoms with Gasteiger partial charge in [0.25, 0.3) is 0 Å². The van der Waals surface area contributed by atoms with Crippen LogP contribution < -0.4 is 5.32 Å². The zero-order valence-corrected chi connectivity index (χ0v) is 10.9. The first-order valence-electron chi connectivity index (χ1n) is 5.94. The summed E-state index contributed by atoms with van der Waals surface area (Å²) < 4.78 is 41.0. The zero-order valence-electron chi connectivity index (χ0n) is 10.9. The highest BCUT2D eigenvalue weighted by atomic mass is 19.4. The number of ether oxygens (including phenoxy) is 1. The van der Waals surface area contributed by atoms with E-state index in [9.17, 15) is 23.1 Å². The quantitative estimate of drug-likeness (QED) is 0.756. The lowest BCUT2D eigenvalue weighted by molar-refractivity contribution is -0.154. The Hall–Kier alpha value is -1.60. The fraction of sp³-hybridized carbons (Fsp3) is 0.462. The molecule has 0 saturated heterocycles. The first-order chi connectivity index (χ1) is 9.32. The Balaban J connectivity index is 2.78. The first kappa shape index (κ1) is 16.5. The van der Waals surface area contributed by atoms with Crippen molar-refractivity contribution in [3.63, 3.8) is 0 Å². The number of likely N-dealkylation sites (N-methyl/N-ethyl adjacent to an activating group) is 1. The topological polar surface area (TPSA) is 58.6 Å². The summed E-state index contributed by atoms with van der Waals surface area (Å²) in [4.78, 5) is 11.5. The van der Waals surface area contributed by atoms with Crippen LogP contribution in [0.4, 0.5) is 13.2 Å². The van der Waals surface area contributed by atoms with Crippen LogP contribution in [0.5, 0.6) is 0 Å². The van der Waals surface area contributed by atoms with Crippen molar-refractivity contribution >= 4 is 5.97 Å². The molecule has 0 spiro atoms. The van der Waals surface area contributed by atoms with E-state index in [-0.39, 0.29) is 6.61 Å². The highest BCUT2D eigenvalue weighted by Crippen LogP contribution is 2.23. The second-order valence-corrected chi connectivity index (χ2v) is 4.24. The number of carbonyl (C=O) groups is 1. The Morgan fingerprint density at radius 2 is 1.90 bits per heavy atom. The molecule has 7 heteroatoms. The van der Waals surface area contributed by atoms with E-state index in [2.05, 4.69) is 5.32 Å². The number of hydrogen-bond acceptors (Lipinski definition) is 3. The normalized spacial score (nSPS) is 14.8. The summed E-state index contributed by atoms with van der Waals surface area (Å²) in [6.07, 6.45) is -5.43. The molecule has 1 aromatic rings. The molecule has 1 atom stereocenters. The standard InChI is InChI=1S/C13H16F3NO3/c1-17-12(11(18)19,10-5-3-2-4-6-10)9-20-8-7-13(14,15)16/h2-6,17H,7-9H2,1H3,(H,18,19). The molecule has 1 aromatic carbocycles. The number of rotatable bonds is 7. The minimum absolute atomic E-state index is 0.390. The molecule has 0 bridgehead atoms. The van der Waals surface area contributed by atoms with Crippen molar-refractivity contribution in [3.8, 4) is 0 Å². The smallest absolute Gasteiger partial charge is 0.391 e. The SMILES string of the molecule is CNC(COCCC(F)(F)F)(C(=O)O)c1ccccc1. The molecule has 0 saturated carbocycles. The average Bonchev–Trinajstić information content (AvgIpc) is 2.39. The fourth-order valence-electron chi connectivity index (χ4n) is 1.73. The van der Waals surface area contributed by atoms with Gasteiger partial charge in [0, 0.05) is 0 Å². The summed E-state index contributed by atoms with van der Waals surface area (Å²) in [6, 6.07) is 8.19. The number of carboxylic acids is 1. The molecule has 0 fully saturated rings. The minimum Gasteiger partial charge on any atom is -0.480 e. The summed E-state index contributed by atoms with van der Waals surface area (Å²) in [7, 11) is 1.42. The molecule has 0 heterocycles. The van der Waals surface area contributed by atoms with Gasteiger partial charge in [0.2, 0.25) is 0 Å². The Kier molecular flexibility index (Phi) is 5.52. The summed E-state index contributed by atoms with van der Waals surface area (Å²) in [6.45, 7) is -0.966. The van der Waals surface area contributed by atoms with Crippen LogP contribution in [-0.4, -0.2) is 37.5 Å². The lowest BCUT2D eigenvalue weighted by atomic mass is 9.91. The highest BCUT2D eigenvalue weighted by Gasteiger charge is 2.39. The molecule has 0 aliphatic heterocycles. The van der Waals surface area contributed by atoms with Crippen molar-refractivity contribution in [1.82, 2.24) is 5.32 Å². The predicted molar refractivity (Wildman–Crippen MR) is 66.3 cm³/mol. The number of alkyl halides is 3. The van der Waals surface area contributed by atoms with E-state index < -0.39 is 30.7 Å². The van der Waals surface area contributed by atoms with Gasteiger partial charge in [0.05, 0.1) is 19.6 Å². The second-order valence-electron chi connectivity index (χ2n) is 4.24.